The molecule has 8 atom stereocenters. The van der Waals surface area contributed by atoms with E-state index in [-0.39, 0.29) is 23.4 Å². The summed E-state index contributed by atoms with van der Waals surface area (Å²) in [5, 5.41) is 3.28. The summed E-state index contributed by atoms with van der Waals surface area (Å²) in [6.45, 7) is 8.20. The number of hydrogen-bond acceptors (Lipinski definition) is 3. The van der Waals surface area contributed by atoms with E-state index < -0.39 is 0 Å². The zero-order valence-electron chi connectivity index (χ0n) is 17.6. The van der Waals surface area contributed by atoms with Crippen molar-refractivity contribution >= 4 is 11.9 Å². The molecule has 0 bridgehead atoms. The second kappa shape index (κ2) is 6.77. The molecule has 0 aromatic carbocycles. The van der Waals surface area contributed by atoms with Gasteiger partial charge in [-0.15, -0.1) is 0 Å². The van der Waals surface area contributed by atoms with Crippen LogP contribution >= 0.6 is 0 Å². The van der Waals surface area contributed by atoms with Gasteiger partial charge in [0.05, 0.1) is 0 Å². The summed E-state index contributed by atoms with van der Waals surface area (Å²) in [5.41, 5.74) is 0.692. The Labute approximate surface area is 164 Å². The first-order chi connectivity index (χ1) is 12.7. The van der Waals surface area contributed by atoms with Gasteiger partial charge in [-0.3, -0.25) is 9.59 Å². The van der Waals surface area contributed by atoms with Crippen LogP contribution in [0.3, 0.4) is 0 Å². The van der Waals surface area contributed by atoms with Crippen LogP contribution < -0.4 is 5.32 Å². The lowest BCUT2D eigenvalue weighted by Gasteiger charge is -2.61. The summed E-state index contributed by atoms with van der Waals surface area (Å²) < 4.78 is 5.58. The Morgan fingerprint density at radius 2 is 1.59 bits per heavy atom. The molecule has 4 aliphatic rings. The van der Waals surface area contributed by atoms with Crippen molar-refractivity contribution in [3.8, 4) is 0 Å². The maximum absolute atomic E-state index is 11.7. The van der Waals surface area contributed by atoms with E-state index in [2.05, 4.69) is 19.2 Å². The van der Waals surface area contributed by atoms with Crippen molar-refractivity contribution in [1.29, 1.82) is 0 Å². The van der Waals surface area contributed by atoms with E-state index in [9.17, 15) is 9.59 Å². The lowest BCUT2D eigenvalue weighted by atomic mass is 9.45. The molecule has 4 nitrogen and oxygen atoms in total. The second-order valence-corrected chi connectivity index (χ2v) is 10.5. The molecule has 0 heterocycles. The third-order valence-electron chi connectivity index (χ3n) is 9.33. The molecule has 0 saturated heterocycles. The monoisotopic (exact) mass is 375 g/mol. The lowest BCUT2D eigenvalue weighted by Crippen LogP contribution is -2.56. The summed E-state index contributed by atoms with van der Waals surface area (Å²) >= 11 is 0. The van der Waals surface area contributed by atoms with Crippen LogP contribution in [0.4, 0.5) is 0 Å². The molecular formula is C23H37NO3. The Balaban J connectivity index is 1.51. The quantitative estimate of drug-likeness (QED) is 0.725. The van der Waals surface area contributed by atoms with E-state index in [1.807, 2.05) is 0 Å². The van der Waals surface area contributed by atoms with Crippen LogP contribution in [0.25, 0.3) is 0 Å². The molecule has 4 rings (SSSR count). The summed E-state index contributed by atoms with van der Waals surface area (Å²) in [4.78, 5) is 23.1. The number of fused-ring (bicyclic) bond motifs is 5. The minimum absolute atomic E-state index is 0.124. The first-order valence-electron chi connectivity index (χ1n) is 11.2. The predicted octanol–water partition coefficient (Wildman–Crippen LogP) is 4.47. The minimum atomic E-state index is -0.124. The van der Waals surface area contributed by atoms with Gasteiger partial charge in [-0.1, -0.05) is 13.8 Å². The molecule has 1 N–H and O–H groups in total. The summed E-state index contributed by atoms with van der Waals surface area (Å²) in [6.07, 6.45) is 11.0. The van der Waals surface area contributed by atoms with Crippen molar-refractivity contribution in [2.24, 2.45) is 34.5 Å². The zero-order chi connectivity index (χ0) is 19.4. The Hall–Kier alpha value is -1.06. The molecule has 4 aliphatic carbocycles. The van der Waals surface area contributed by atoms with Gasteiger partial charge in [0, 0.05) is 19.9 Å². The van der Waals surface area contributed by atoms with Crippen molar-refractivity contribution in [2.75, 3.05) is 0 Å². The van der Waals surface area contributed by atoms with Gasteiger partial charge in [-0.05, 0) is 92.3 Å². The lowest BCUT2D eigenvalue weighted by molar-refractivity contribution is -0.159. The highest BCUT2D eigenvalue weighted by Gasteiger charge is 2.60. The molecule has 0 aliphatic heterocycles. The summed E-state index contributed by atoms with van der Waals surface area (Å²) in [6, 6.07) is 0.367. The second-order valence-electron chi connectivity index (χ2n) is 10.5. The smallest absolute Gasteiger partial charge is 0.302 e. The van der Waals surface area contributed by atoms with Crippen molar-refractivity contribution in [3.05, 3.63) is 0 Å². The fourth-order valence-corrected chi connectivity index (χ4v) is 8.04. The number of ether oxygens (including phenoxy) is 1. The molecule has 27 heavy (non-hydrogen) atoms. The normalized spacial score (nSPS) is 48.7. The van der Waals surface area contributed by atoms with Crippen LogP contribution in [0.15, 0.2) is 0 Å². The molecular weight excluding hydrogens is 338 g/mol. The number of amides is 1. The van der Waals surface area contributed by atoms with Crippen LogP contribution in [0.2, 0.25) is 0 Å². The Morgan fingerprint density at radius 1 is 0.889 bits per heavy atom. The largest absolute Gasteiger partial charge is 0.463 e. The van der Waals surface area contributed by atoms with E-state index in [1.54, 1.807) is 6.92 Å². The summed E-state index contributed by atoms with van der Waals surface area (Å²) in [5.74, 6) is 3.09. The Kier molecular flexibility index (Phi) is 4.83. The number of carbonyl (C=O) groups excluding carboxylic acids is 2. The summed E-state index contributed by atoms with van der Waals surface area (Å²) in [7, 11) is 0. The number of carbonyl (C=O) groups is 2. The van der Waals surface area contributed by atoms with Gasteiger partial charge in [-0.2, -0.15) is 0 Å². The SMILES string of the molecule is CC(=O)NC1CC[C@H]2[C@@H]3CC[C@H]4CC(OC(C)=O)CC[C@]4(C)[C@H]3CC[C@]12C. The van der Waals surface area contributed by atoms with Crippen molar-refractivity contribution in [3.63, 3.8) is 0 Å². The standard InChI is InChI=1S/C23H37NO3/c1-14(25)24-21-8-7-19-18-6-5-16-13-17(27-15(2)26)9-11-22(16,3)20(18)10-12-23(19,21)4/h16-21H,5-13H2,1-4H3,(H,24,25)/t16-,17?,18-,19-,20-,21?,22-,23-/m0/s1. The Bertz CT molecular complexity index is 619. The molecule has 4 heteroatoms. The fraction of sp³-hybridized carbons (Fsp3) is 0.913. The average Bonchev–Trinajstić information content (AvgIpc) is 2.91. The highest BCUT2D eigenvalue weighted by molar-refractivity contribution is 5.73. The maximum atomic E-state index is 11.7. The molecule has 0 aromatic heterocycles. The Morgan fingerprint density at radius 3 is 2.30 bits per heavy atom. The molecule has 0 spiro atoms. The van der Waals surface area contributed by atoms with Gasteiger partial charge < -0.3 is 10.1 Å². The van der Waals surface area contributed by atoms with Crippen LogP contribution in [-0.4, -0.2) is 24.0 Å². The van der Waals surface area contributed by atoms with Crippen LogP contribution in [0, 0.1) is 34.5 Å². The van der Waals surface area contributed by atoms with Crippen molar-refractivity contribution in [1.82, 2.24) is 5.32 Å². The third-order valence-corrected chi connectivity index (χ3v) is 9.33. The van der Waals surface area contributed by atoms with Crippen LogP contribution in [0.5, 0.6) is 0 Å². The number of esters is 1. The number of rotatable bonds is 2. The van der Waals surface area contributed by atoms with E-state index in [0.29, 0.717) is 17.4 Å². The number of hydrogen-bond donors (Lipinski definition) is 1. The van der Waals surface area contributed by atoms with E-state index in [0.717, 1.165) is 37.0 Å². The first-order valence-corrected chi connectivity index (χ1v) is 11.2. The highest BCUT2D eigenvalue weighted by Crippen LogP contribution is 2.66. The molecule has 0 aromatic rings. The average molecular weight is 376 g/mol. The maximum Gasteiger partial charge on any atom is 0.302 e. The first kappa shape index (κ1) is 19.3. The van der Waals surface area contributed by atoms with E-state index in [1.165, 1.54) is 45.4 Å². The van der Waals surface area contributed by atoms with Gasteiger partial charge in [0.25, 0.3) is 0 Å². The van der Waals surface area contributed by atoms with E-state index >= 15 is 0 Å². The van der Waals surface area contributed by atoms with Crippen molar-refractivity contribution in [2.45, 2.75) is 97.6 Å². The van der Waals surface area contributed by atoms with Crippen LogP contribution in [0.1, 0.15) is 85.5 Å². The van der Waals surface area contributed by atoms with Gasteiger partial charge in [-0.25, -0.2) is 0 Å². The van der Waals surface area contributed by atoms with Gasteiger partial charge in [0.15, 0.2) is 0 Å². The molecule has 4 fully saturated rings. The predicted molar refractivity (Wildman–Crippen MR) is 105 cm³/mol. The van der Waals surface area contributed by atoms with Gasteiger partial charge in [0.2, 0.25) is 5.91 Å². The highest BCUT2D eigenvalue weighted by atomic mass is 16.5. The molecule has 1 amide bonds. The zero-order valence-corrected chi connectivity index (χ0v) is 17.6. The van der Waals surface area contributed by atoms with Crippen molar-refractivity contribution < 1.29 is 14.3 Å². The van der Waals surface area contributed by atoms with Gasteiger partial charge in [0.1, 0.15) is 6.10 Å². The topological polar surface area (TPSA) is 55.4 Å². The number of nitrogens with one attached hydrogen (secondary N) is 1. The molecule has 152 valence electrons. The van der Waals surface area contributed by atoms with Crippen LogP contribution in [-0.2, 0) is 14.3 Å². The third kappa shape index (κ3) is 3.11. The molecule has 0 radical (unpaired) electrons. The molecule has 4 saturated carbocycles. The van der Waals surface area contributed by atoms with Gasteiger partial charge >= 0.3 is 5.97 Å². The minimum Gasteiger partial charge on any atom is -0.463 e. The molecule has 2 unspecified atom stereocenters. The van der Waals surface area contributed by atoms with E-state index in [4.69, 9.17) is 4.74 Å². The fourth-order valence-electron chi connectivity index (χ4n) is 8.04.